The lowest BCUT2D eigenvalue weighted by molar-refractivity contribution is -0.165. The highest BCUT2D eigenvalue weighted by Gasteiger charge is 2.45. The van der Waals surface area contributed by atoms with Gasteiger partial charge in [-0.3, -0.25) is 9.59 Å². The van der Waals surface area contributed by atoms with Crippen molar-refractivity contribution in [2.75, 3.05) is 0 Å². The van der Waals surface area contributed by atoms with E-state index in [2.05, 4.69) is 108 Å². The molecule has 2 aliphatic heterocycles. The fourth-order valence-electron chi connectivity index (χ4n) is 8.62. The monoisotopic (exact) mass is 607 g/mol. The minimum atomic E-state index is -0.593. The first kappa shape index (κ1) is 38.0. The summed E-state index contributed by atoms with van der Waals surface area (Å²) in [6.45, 7) is 34.8. The van der Waals surface area contributed by atoms with Crippen LogP contribution in [0.2, 0.25) is 0 Å². The summed E-state index contributed by atoms with van der Waals surface area (Å²) in [7, 11) is 0. The number of hydrogen-bond donors (Lipinski definition) is 2. The van der Waals surface area contributed by atoms with Gasteiger partial charge in [0.25, 0.3) is 0 Å². The molecular weight excluding hydrogens is 536 g/mol. The molecule has 2 heterocycles. The summed E-state index contributed by atoms with van der Waals surface area (Å²) < 4.78 is 12.5. The summed E-state index contributed by atoms with van der Waals surface area (Å²) >= 11 is 0. The first-order chi connectivity index (χ1) is 19.2. The SMILES string of the molecule is CCC(C)C(CC(C)(C)C(=O)OC1CC(C)(C)NC(C)(C)C1)C(C)C(C)CC(C)(C)C(=O)OC1CC(C)(C)NC(C)(C)C1. The number of esters is 2. The zero-order valence-electron chi connectivity index (χ0n) is 31.0. The summed E-state index contributed by atoms with van der Waals surface area (Å²) in [5.41, 5.74) is -1.48. The molecule has 0 aliphatic carbocycles. The van der Waals surface area contributed by atoms with Crippen LogP contribution >= 0.6 is 0 Å². The quantitative estimate of drug-likeness (QED) is 0.217. The Labute approximate surface area is 266 Å². The van der Waals surface area contributed by atoms with Crippen molar-refractivity contribution in [2.24, 2.45) is 34.5 Å². The molecule has 6 nitrogen and oxygen atoms in total. The van der Waals surface area contributed by atoms with Crippen LogP contribution in [0.4, 0.5) is 0 Å². The molecule has 0 amide bonds. The lowest BCUT2D eigenvalue weighted by atomic mass is 9.66. The van der Waals surface area contributed by atoms with E-state index in [-0.39, 0.29) is 46.3 Å². The largest absolute Gasteiger partial charge is 0.462 e. The molecule has 4 unspecified atom stereocenters. The predicted octanol–water partition coefficient (Wildman–Crippen LogP) is 8.46. The smallest absolute Gasteiger partial charge is 0.311 e. The van der Waals surface area contributed by atoms with Crippen LogP contribution in [-0.2, 0) is 19.1 Å². The average Bonchev–Trinajstić information content (AvgIpc) is 2.76. The Morgan fingerprint density at radius 2 is 0.977 bits per heavy atom. The van der Waals surface area contributed by atoms with Crippen LogP contribution < -0.4 is 10.6 Å². The molecule has 0 saturated carbocycles. The fourth-order valence-corrected chi connectivity index (χ4v) is 8.62. The van der Waals surface area contributed by atoms with E-state index in [1.165, 1.54) is 0 Å². The Hall–Kier alpha value is -1.14. The Morgan fingerprint density at radius 3 is 1.30 bits per heavy atom. The van der Waals surface area contributed by atoms with Gasteiger partial charge < -0.3 is 20.1 Å². The maximum atomic E-state index is 13.7. The van der Waals surface area contributed by atoms with E-state index < -0.39 is 10.8 Å². The predicted molar refractivity (Wildman–Crippen MR) is 179 cm³/mol. The van der Waals surface area contributed by atoms with Crippen LogP contribution in [0.1, 0.15) is 156 Å². The summed E-state index contributed by atoms with van der Waals surface area (Å²) in [6, 6.07) is 0. The number of carbonyl (C=O) groups excluding carboxylic acids is 2. The van der Waals surface area contributed by atoms with Gasteiger partial charge >= 0.3 is 11.9 Å². The maximum absolute atomic E-state index is 13.7. The molecule has 0 radical (unpaired) electrons. The second-order valence-corrected chi connectivity index (χ2v) is 18.7. The van der Waals surface area contributed by atoms with Crippen molar-refractivity contribution in [1.82, 2.24) is 10.6 Å². The van der Waals surface area contributed by atoms with E-state index in [4.69, 9.17) is 9.47 Å². The van der Waals surface area contributed by atoms with E-state index in [1.807, 2.05) is 13.8 Å². The van der Waals surface area contributed by atoms with Gasteiger partial charge in [-0.15, -0.1) is 0 Å². The molecule has 0 aromatic carbocycles. The molecular formula is C37H70N2O4. The summed E-state index contributed by atoms with van der Waals surface area (Å²) in [5.74, 6) is 1.23. The van der Waals surface area contributed by atoms with Gasteiger partial charge in [0.05, 0.1) is 10.8 Å². The molecule has 0 aromatic heterocycles. The molecule has 2 saturated heterocycles. The highest BCUT2D eigenvalue weighted by Crippen LogP contribution is 2.43. The number of hydrogen-bond acceptors (Lipinski definition) is 6. The van der Waals surface area contributed by atoms with Gasteiger partial charge in [0.2, 0.25) is 0 Å². The molecule has 2 aliphatic rings. The van der Waals surface area contributed by atoms with Crippen molar-refractivity contribution in [2.45, 2.75) is 190 Å². The standard InChI is InChI=1S/C37H70N2O4/c1-17-24(2)29(23-33(7,8)31(41)43-28-21-36(13,14)39-37(15,16)22-28)26(4)25(3)18-32(5,6)30(40)42-27-19-34(9,10)38-35(11,12)20-27/h24-29,38-39H,17-23H2,1-16H3. The highest BCUT2D eigenvalue weighted by molar-refractivity contribution is 5.76. The zero-order chi connectivity index (χ0) is 33.4. The number of ether oxygens (including phenoxy) is 2. The zero-order valence-corrected chi connectivity index (χ0v) is 31.0. The fraction of sp³-hybridized carbons (Fsp3) is 0.946. The summed E-state index contributed by atoms with van der Waals surface area (Å²) in [4.78, 5) is 27.2. The molecule has 2 N–H and O–H groups in total. The molecule has 0 spiro atoms. The van der Waals surface area contributed by atoms with Crippen LogP contribution in [-0.4, -0.2) is 46.3 Å². The van der Waals surface area contributed by atoms with Crippen molar-refractivity contribution < 1.29 is 19.1 Å². The normalized spacial score (nSPS) is 25.3. The van der Waals surface area contributed by atoms with Crippen molar-refractivity contribution in [3.8, 4) is 0 Å². The number of carbonyl (C=O) groups is 2. The van der Waals surface area contributed by atoms with Crippen LogP contribution in [0.3, 0.4) is 0 Å². The molecule has 43 heavy (non-hydrogen) atoms. The van der Waals surface area contributed by atoms with Crippen molar-refractivity contribution in [3.63, 3.8) is 0 Å². The molecule has 6 heteroatoms. The van der Waals surface area contributed by atoms with Crippen LogP contribution in [0, 0.1) is 34.5 Å². The minimum Gasteiger partial charge on any atom is -0.462 e. The van der Waals surface area contributed by atoms with Crippen LogP contribution in [0.5, 0.6) is 0 Å². The molecule has 2 fully saturated rings. The maximum Gasteiger partial charge on any atom is 0.311 e. The van der Waals surface area contributed by atoms with E-state index in [9.17, 15) is 9.59 Å². The summed E-state index contributed by atoms with van der Waals surface area (Å²) in [5, 5.41) is 7.36. The number of nitrogens with one attached hydrogen (secondary N) is 2. The average molecular weight is 607 g/mol. The van der Waals surface area contributed by atoms with E-state index in [1.54, 1.807) is 0 Å². The molecule has 0 aromatic rings. The van der Waals surface area contributed by atoms with Crippen molar-refractivity contribution in [3.05, 3.63) is 0 Å². The molecule has 4 atom stereocenters. The second kappa shape index (κ2) is 13.3. The lowest BCUT2D eigenvalue weighted by Crippen LogP contribution is -2.60. The van der Waals surface area contributed by atoms with E-state index >= 15 is 0 Å². The third kappa shape index (κ3) is 11.0. The van der Waals surface area contributed by atoms with Gasteiger partial charge in [0.1, 0.15) is 12.2 Å². The third-order valence-electron chi connectivity index (χ3n) is 10.5. The number of piperidine rings is 2. The Morgan fingerprint density at radius 1 is 0.651 bits per heavy atom. The minimum absolute atomic E-state index is 0.0730. The van der Waals surface area contributed by atoms with E-state index in [0.717, 1.165) is 44.9 Å². The first-order valence-corrected chi connectivity index (χ1v) is 17.2. The Balaban J connectivity index is 2.11. The Kier molecular flexibility index (Phi) is 11.8. The molecule has 252 valence electrons. The molecule has 2 rings (SSSR count). The molecule has 0 bridgehead atoms. The Bertz CT molecular complexity index is 932. The number of rotatable bonds is 12. The second-order valence-electron chi connectivity index (χ2n) is 18.7. The van der Waals surface area contributed by atoms with Gasteiger partial charge in [-0.2, -0.15) is 0 Å². The third-order valence-corrected chi connectivity index (χ3v) is 10.5. The van der Waals surface area contributed by atoms with Gasteiger partial charge in [0.15, 0.2) is 0 Å². The van der Waals surface area contributed by atoms with Gasteiger partial charge in [-0.25, -0.2) is 0 Å². The van der Waals surface area contributed by atoms with Crippen molar-refractivity contribution >= 4 is 11.9 Å². The first-order valence-electron chi connectivity index (χ1n) is 17.2. The van der Waals surface area contributed by atoms with Crippen LogP contribution in [0.15, 0.2) is 0 Å². The van der Waals surface area contributed by atoms with Crippen LogP contribution in [0.25, 0.3) is 0 Å². The van der Waals surface area contributed by atoms with Gasteiger partial charge in [0, 0.05) is 47.8 Å². The summed E-state index contributed by atoms with van der Waals surface area (Å²) in [6.07, 6.45) is 5.68. The van der Waals surface area contributed by atoms with Gasteiger partial charge in [-0.05, 0) is 120 Å². The highest BCUT2D eigenvalue weighted by atomic mass is 16.5. The topological polar surface area (TPSA) is 76.7 Å². The van der Waals surface area contributed by atoms with Crippen molar-refractivity contribution in [1.29, 1.82) is 0 Å². The van der Waals surface area contributed by atoms with E-state index in [0.29, 0.717) is 23.7 Å². The lowest BCUT2D eigenvalue weighted by Gasteiger charge is -2.46. The van der Waals surface area contributed by atoms with Gasteiger partial charge in [-0.1, -0.05) is 34.1 Å².